The first kappa shape index (κ1) is 13.5. The van der Waals surface area contributed by atoms with Gasteiger partial charge in [-0.05, 0) is 0 Å². The summed E-state index contributed by atoms with van der Waals surface area (Å²) in [5.74, 6) is -0.885. The van der Waals surface area contributed by atoms with Gasteiger partial charge in [-0.1, -0.05) is 0 Å². The number of hydrogen-bond donors (Lipinski definition) is 2. The molecule has 0 aliphatic carbocycles. The lowest BCUT2D eigenvalue weighted by Gasteiger charge is -1.99. The molecule has 0 saturated carbocycles. The molecule has 0 saturated heterocycles. The number of rotatable bonds is 7. The lowest BCUT2D eigenvalue weighted by Crippen LogP contribution is -2.03. The maximum atomic E-state index is 10.6. The van der Waals surface area contributed by atoms with Gasteiger partial charge in [0.15, 0.2) is 5.13 Å². The van der Waals surface area contributed by atoms with Crippen LogP contribution in [0.4, 0.5) is 10.8 Å². The molecule has 2 rings (SSSR count). The van der Waals surface area contributed by atoms with E-state index in [1.54, 1.807) is 23.4 Å². The lowest BCUT2D eigenvalue weighted by atomic mass is 10.3. The molecule has 0 aliphatic heterocycles. The van der Waals surface area contributed by atoms with Crippen LogP contribution in [0.15, 0.2) is 17.8 Å². The molecule has 102 valence electrons. The molecule has 2 heterocycles. The summed E-state index contributed by atoms with van der Waals surface area (Å²) in [4.78, 5) is 14.7. The Balaban J connectivity index is 1.94. The van der Waals surface area contributed by atoms with Gasteiger partial charge in [-0.25, -0.2) is 4.98 Å². The highest BCUT2D eigenvalue weighted by molar-refractivity contribution is 7.13. The Bertz CT molecular complexity index is 552. The number of carboxylic acids is 1. The zero-order valence-electron chi connectivity index (χ0n) is 10.4. The van der Waals surface area contributed by atoms with E-state index < -0.39 is 5.97 Å². The number of anilines is 2. The first-order chi connectivity index (χ1) is 9.17. The van der Waals surface area contributed by atoms with E-state index in [0.717, 1.165) is 5.69 Å². The van der Waals surface area contributed by atoms with E-state index in [2.05, 4.69) is 15.4 Å². The highest BCUT2D eigenvalue weighted by Crippen LogP contribution is 2.20. The molecule has 19 heavy (non-hydrogen) atoms. The molecule has 0 radical (unpaired) electrons. The number of aliphatic carboxylic acids is 1. The van der Waals surface area contributed by atoms with Gasteiger partial charge in [0.1, 0.15) is 0 Å². The number of carbonyl (C=O) groups is 1. The Kier molecular flexibility index (Phi) is 4.48. The maximum Gasteiger partial charge on any atom is 0.309 e. The molecule has 0 amide bonds. The second kappa shape index (κ2) is 6.30. The van der Waals surface area contributed by atoms with Crippen LogP contribution in [-0.2, 0) is 22.5 Å². The standard InChI is InChI=1S/C11H14N4O3S/c1-18-3-2-15-6-9(5-12-15)14-11-13-8(7-19-11)4-10(16)17/h5-7H,2-4H2,1H3,(H,13,14)(H,16,17). The summed E-state index contributed by atoms with van der Waals surface area (Å²) in [6.07, 6.45) is 3.47. The smallest absolute Gasteiger partial charge is 0.309 e. The van der Waals surface area contributed by atoms with Crippen molar-refractivity contribution in [1.82, 2.24) is 14.8 Å². The molecule has 0 spiro atoms. The average molecular weight is 282 g/mol. The fourth-order valence-corrected chi connectivity index (χ4v) is 2.19. The minimum Gasteiger partial charge on any atom is -0.481 e. The highest BCUT2D eigenvalue weighted by atomic mass is 32.1. The number of thiazole rings is 1. The normalized spacial score (nSPS) is 10.6. The number of nitrogens with zero attached hydrogens (tertiary/aromatic N) is 3. The fraction of sp³-hybridized carbons (Fsp3) is 0.364. The topological polar surface area (TPSA) is 89.3 Å². The van der Waals surface area contributed by atoms with Crippen molar-refractivity contribution < 1.29 is 14.6 Å². The van der Waals surface area contributed by atoms with Crippen molar-refractivity contribution in [2.24, 2.45) is 0 Å². The van der Waals surface area contributed by atoms with Crippen LogP contribution in [0, 0.1) is 0 Å². The van der Waals surface area contributed by atoms with Crippen LogP contribution in [0.1, 0.15) is 5.69 Å². The van der Waals surface area contributed by atoms with E-state index in [4.69, 9.17) is 9.84 Å². The van der Waals surface area contributed by atoms with Gasteiger partial charge >= 0.3 is 5.97 Å². The molecule has 0 aromatic carbocycles. The van der Waals surface area contributed by atoms with Gasteiger partial charge in [0.05, 0.1) is 37.2 Å². The predicted molar refractivity (Wildman–Crippen MR) is 70.8 cm³/mol. The average Bonchev–Trinajstić information content (AvgIpc) is 2.96. The molecule has 0 aliphatic rings. The Labute approximate surface area is 113 Å². The van der Waals surface area contributed by atoms with Crippen LogP contribution < -0.4 is 5.32 Å². The molecular weight excluding hydrogens is 268 g/mol. The lowest BCUT2D eigenvalue weighted by molar-refractivity contribution is -0.136. The monoisotopic (exact) mass is 282 g/mol. The third kappa shape index (κ3) is 4.04. The number of hydrogen-bond acceptors (Lipinski definition) is 6. The Morgan fingerprint density at radius 2 is 2.47 bits per heavy atom. The van der Waals surface area contributed by atoms with Crippen molar-refractivity contribution >= 4 is 28.1 Å². The number of aromatic nitrogens is 3. The van der Waals surface area contributed by atoms with Crippen LogP contribution in [0.25, 0.3) is 0 Å². The van der Waals surface area contributed by atoms with Gasteiger partial charge in [0, 0.05) is 18.7 Å². The van der Waals surface area contributed by atoms with Crippen LogP contribution >= 0.6 is 11.3 Å². The maximum absolute atomic E-state index is 10.6. The predicted octanol–water partition coefficient (Wildman–Crippen LogP) is 1.36. The minimum absolute atomic E-state index is 0.0642. The summed E-state index contributed by atoms with van der Waals surface area (Å²) in [6.45, 7) is 1.28. The molecule has 0 unspecified atom stereocenters. The Morgan fingerprint density at radius 3 is 3.21 bits per heavy atom. The minimum atomic E-state index is -0.885. The van der Waals surface area contributed by atoms with Crippen molar-refractivity contribution in [2.75, 3.05) is 19.0 Å². The van der Waals surface area contributed by atoms with Crippen LogP contribution in [0.5, 0.6) is 0 Å². The third-order valence-electron chi connectivity index (χ3n) is 2.29. The first-order valence-electron chi connectivity index (χ1n) is 5.62. The Morgan fingerprint density at radius 1 is 1.63 bits per heavy atom. The summed E-state index contributed by atoms with van der Waals surface area (Å²) in [5.41, 5.74) is 1.36. The van der Waals surface area contributed by atoms with E-state index in [-0.39, 0.29) is 6.42 Å². The quantitative estimate of drug-likeness (QED) is 0.797. The summed E-state index contributed by atoms with van der Waals surface area (Å²) in [6, 6.07) is 0. The summed E-state index contributed by atoms with van der Waals surface area (Å²) >= 11 is 1.37. The number of ether oxygens (including phenoxy) is 1. The highest BCUT2D eigenvalue weighted by Gasteiger charge is 2.07. The number of nitrogens with one attached hydrogen (secondary N) is 1. The number of methoxy groups -OCH3 is 1. The van der Waals surface area contributed by atoms with E-state index in [1.807, 2.05) is 6.20 Å². The third-order valence-corrected chi connectivity index (χ3v) is 3.10. The fourth-order valence-electron chi connectivity index (χ4n) is 1.46. The van der Waals surface area contributed by atoms with Crippen molar-refractivity contribution in [3.8, 4) is 0 Å². The van der Waals surface area contributed by atoms with Gasteiger partial charge in [-0.3, -0.25) is 9.48 Å². The SMILES string of the molecule is COCCn1cc(Nc2nc(CC(=O)O)cs2)cn1. The van der Waals surface area contributed by atoms with Crippen molar-refractivity contribution in [2.45, 2.75) is 13.0 Å². The molecular formula is C11H14N4O3S. The summed E-state index contributed by atoms with van der Waals surface area (Å²) in [5, 5.41) is 18.3. The van der Waals surface area contributed by atoms with Gasteiger partial charge in [0.25, 0.3) is 0 Å². The van der Waals surface area contributed by atoms with Crippen LogP contribution in [0.3, 0.4) is 0 Å². The summed E-state index contributed by atoms with van der Waals surface area (Å²) in [7, 11) is 1.64. The van der Waals surface area contributed by atoms with Gasteiger partial charge < -0.3 is 15.2 Å². The molecule has 8 heteroatoms. The van der Waals surface area contributed by atoms with Crippen molar-refractivity contribution in [3.05, 3.63) is 23.5 Å². The molecule has 2 aromatic rings. The molecule has 7 nitrogen and oxygen atoms in total. The van der Waals surface area contributed by atoms with E-state index in [1.165, 1.54) is 11.3 Å². The second-order valence-corrected chi connectivity index (χ2v) is 4.68. The van der Waals surface area contributed by atoms with Gasteiger partial charge in [-0.2, -0.15) is 5.10 Å². The van der Waals surface area contributed by atoms with Crippen molar-refractivity contribution in [1.29, 1.82) is 0 Å². The van der Waals surface area contributed by atoms with Gasteiger partial charge in [0.2, 0.25) is 0 Å². The van der Waals surface area contributed by atoms with E-state index >= 15 is 0 Å². The molecule has 2 aromatic heterocycles. The van der Waals surface area contributed by atoms with Crippen LogP contribution in [-0.4, -0.2) is 39.6 Å². The zero-order valence-corrected chi connectivity index (χ0v) is 11.2. The van der Waals surface area contributed by atoms with Gasteiger partial charge in [-0.15, -0.1) is 11.3 Å². The first-order valence-corrected chi connectivity index (χ1v) is 6.50. The summed E-state index contributed by atoms with van der Waals surface area (Å²) < 4.78 is 6.73. The largest absolute Gasteiger partial charge is 0.481 e. The zero-order chi connectivity index (χ0) is 13.7. The molecule has 0 fully saturated rings. The second-order valence-electron chi connectivity index (χ2n) is 3.82. The van der Waals surface area contributed by atoms with E-state index in [0.29, 0.717) is 24.0 Å². The van der Waals surface area contributed by atoms with Crippen molar-refractivity contribution in [3.63, 3.8) is 0 Å². The molecule has 2 N–H and O–H groups in total. The molecule has 0 atom stereocenters. The van der Waals surface area contributed by atoms with E-state index in [9.17, 15) is 4.79 Å². The van der Waals surface area contributed by atoms with Crippen LogP contribution in [0.2, 0.25) is 0 Å². The molecule has 0 bridgehead atoms. The Hall–Kier alpha value is -1.93. The number of carboxylic acid groups (broad SMARTS) is 1.